The van der Waals surface area contributed by atoms with Gasteiger partial charge in [-0.3, -0.25) is 9.98 Å². The lowest BCUT2D eigenvalue weighted by atomic mass is 10.1. The molecule has 0 N–H and O–H groups in total. The zero-order valence-corrected chi connectivity index (χ0v) is 11.2. The van der Waals surface area contributed by atoms with E-state index < -0.39 is 0 Å². The lowest BCUT2D eigenvalue weighted by Crippen LogP contribution is -1.91. The van der Waals surface area contributed by atoms with Crippen LogP contribution < -0.4 is 0 Å². The van der Waals surface area contributed by atoms with Crippen molar-refractivity contribution in [1.82, 2.24) is 4.98 Å². The van der Waals surface area contributed by atoms with Crippen molar-refractivity contribution < 1.29 is 0 Å². The average molecular weight is 260 g/mol. The first kappa shape index (κ1) is 12.5. The Hall–Kier alpha value is -2.48. The molecule has 0 fully saturated rings. The van der Waals surface area contributed by atoms with E-state index in [1.54, 1.807) is 0 Å². The number of aliphatic imine (C=N–C) groups is 1. The summed E-state index contributed by atoms with van der Waals surface area (Å²) in [4.78, 5) is 8.89. The molecule has 98 valence electrons. The van der Waals surface area contributed by atoms with Gasteiger partial charge in [-0.2, -0.15) is 0 Å². The van der Waals surface area contributed by atoms with E-state index in [0.29, 0.717) is 0 Å². The van der Waals surface area contributed by atoms with E-state index in [2.05, 4.69) is 40.3 Å². The maximum absolute atomic E-state index is 4.53. The minimum atomic E-state index is 0.806. The van der Waals surface area contributed by atoms with E-state index in [0.717, 1.165) is 29.4 Å². The normalized spacial score (nSPS) is 11.2. The van der Waals surface area contributed by atoms with Crippen LogP contribution in [0.15, 0.2) is 71.9 Å². The van der Waals surface area contributed by atoms with Gasteiger partial charge in [0.1, 0.15) is 0 Å². The molecule has 0 amide bonds. The molecule has 0 atom stereocenters. The summed E-state index contributed by atoms with van der Waals surface area (Å²) in [5, 5.41) is 1.15. The predicted octanol–water partition coefficient (Wildman–Crippen LogP) is 3.90. The van der Waals surface area contributed by atoms with Gasteiger partial charge >= 0.3 is 0 Å². The van der Waals surface area contributed by atoms with Gasteiger partial charge in [0.2, 0.25) is 0 Å². The lowest BCUT2D eigenvalue weighted by molar-refractivity contribution is 0.974. The third-order valence-corrected chi connectivity index (χ3v) is 3.29. The van der Waals surface area contributed by atoms with E-state index in [1.165, 1.54) is 5.56 Å². The average Bonchev–Trinajstić information content (AvgIpc) is 2.53. The highest BCUT2D eigenvalue weighted by atomic mass is 14.7. The summed E-state index contributed by atoms with van der Waals surface area (Å²) < 4.78 is 0. The molecule has 2 heteroatoms. The monoisotopic (exact) mass is 260 g/mol. The van der Waals surface area contributed by atoms with Crippen LogP contribution in [0.1, 0.15) is 11.1 Å². The van der Waals surface area contributed by atoms with Crippen molar-refractivity contribution in [3.05, 3.63) is 78.0 Å². The summed E-state index contributed by atoms with van der Waals surface area (Å²) in [5.41, 5.74) is 3.47. The summed E-state index contributed by atoms with van der Waals surface area (Å²) in [6, 6.07) is 20.6. The van der Waals surface area contributed by atoms with Crippen LogP contribution in [0.3, 0.4) is 0 Å². The highest BCUT2D eigenvalue weighted by molar-refractivity contribution is 5.97. The van der Waals surface area contributed by atoms with Crippen molar-refractivity contribution in [2.75, 3.05) is 6.54 Å². The Kier molecular flexibility index (Phi) is 3.83. The van der Waals surface area contributed by atoms with Crippen LogP contribution in [0, 0.1) is 0 Å². The zero-order chi connectivity index (χ0) is 13.6. The van der Waals surface area contributed by atoms with Crippen molar-refractivity contribution in [2.24, 2.45) is 4.99 Å². The smallest absolute Gasteiger partial charge is 0.0708 e. The number of benzene rings is 2. The van der Waals surface area contributed by atoms with Crippen LogP contribution in [-0.4, -0.2) is 17.7 Å². The van der Waals surface area contributed by atoms with Crippen LogP contribution >= 0.6 is 0 Å². The number of nitrogens with zero attached hydrogens (tertiary/aromatic N) is 2. The van der Waals surface area contributed by atoms with Crippen molar-refractivity contribution in [3.8, 4) is 0 Å². The van der Waals surface area contributed by atoms with E-state index in [-0.39, 0.29) is 0 Å². The van der Waals surface area contributed by atoms with Crippen LogP contribution in [-0.2, 0) is 6.42 Å². The van der Waals surface area contributed by atoms with Gasteiger partial charge in [-0.1, -0.05) is 48.5 Å². The Morgan fingerprint density at radius 1 is 0.900 bits per heavy atom. The molecular weight excluding hydrogens is 244 g/mol. The summed E-state index contributed by atoms with van der Waals surface area (Å²) in [6.45, 7) is 0.806. The van der Waals surface area contributed by atoms with Crippen molar-refractivity contribution in [3.63, 3.8) is 0 Å². The highest BCUT2D eigenvalue weighted by Crippen LogP contribution is 2.14. The van der Waals surface area contributed by atoms with Gasteiger partial charge < -0.3 is 0 Å². The van der Waals surface area contributed by atoms with E-state index in [1.807, 2.05) is 42.7 Å². The topological polar surface area (TPSA) is 25.2 Å². The van der Waals surface area contributed by atoms with E-state index >= 15 is 0 Å². The summed E-state index contributed by atoms with van der Waals surface area (Å²) in [7, 11) is 0. The maximum atomic E-state index is 4.53. The molecule has 0 saturated heterocycles. The Morgan fingerprint density at radius 3 is 2.60 bits per heavy atom. The Morgan fingerprint density at radius 2 is 1.70 bits per heavy atom. The summed E-state index contributed by atoms with van der Waals surface area (Å²) >= 11 is 0. The molecule has 0 aliphatic heterocycles. The number of hydrogen-bond donors (Lipinski definition) is 0. The third kappa shape index (κ3) is 2.91. The molecule has 1 aromatic heterocycles. The van der Waals surface area contributed by atoms with Crippen LogP contribution in [0.4, 0.5) is 0 Å². The van der Waals surface area contributed by atoms with Gasteiger partial charge in [0, 0.05) is 29.9 Å². The van der Waals surface area contributed by atoms with Gasteiger partial charge in [0.05, 0.1) is 5.52 Å². The molecular formula is C18H16N2. The molecule has 0 unspecified atom stereocenters. The first-order valence-corrected chi connectivity index (χ1v) is 6.81. The molecule has 0 saturated carbocycles. The Bertz CT molecular complexity index is 712. The number of rotatable bonds is 4. The van der Waals surface area contributed by atoms with Crippen LogP contribution in [0.5, 0.6) is 0 Å². The predicted molar refractivity (Wildman–Crippen MR) is 84.4 cm³/mol. The Labute approximate surface area is 118 Å². The fourth-order valence-corrected chi connectivity index (χ4v) is 2.23. The number of aromatic nitrogens is 1. The van der Waals surface area contributed by atoms with Crippen molar-refractivity contribution in [1.29, 1.82) is 0 Å². The quantitative estimate of drug-likeness (QED) is 0.653. The van der Waals surface area contributed by atoms with E-state index in [9.17, 15) is 0 Å². The molecule has 3 rings (SSSR count). The standard InChI is InChI=1S/C18H16N2/c1-2-6-15(7-3-1)10-12-19-14-16-11-13-20-18-9-5-4-8-17(16)18/h1-9,11,13-14H,10,12H2/b19-14-. The fraction of sp³-hybridized carbons (Fsp3) is 0.111. The second-order valence-corrected chi connectivity index (χ2v) is 4.69. The van der Waals surface area contributed by atoms with Gasteiger partial charge in [-0.15, -0.1) is 0 Å². The van der Waals surface area contributed by atoms with Gasteiger partial charge in [-0.25, -0.2) is 0 Å². The minimum absolute atomic E-state index is 0.806. The zero-order valence-electron chi connectivity index (χ0n) is 11.2. The van der Waals surface area contributed by atoms with Crippen molar-refractivity contribution >= 4 is 17.1 Å². The third-order valence-electron chi connectivity index (χ3n) is 3.29. The molecule has 0 aliphatic carbocycles. The highest BCUT2D eigenvalue weighted by Gasteiger charge is 1.97. The van der Waals surface area contributed by atoms with Gasteiger partial charge in [0.25, 0.3) is 0 Å². The second-order valence-electron chi connectivity index (χ2n) is 4.69. The molecule has 0 spiro atoms. The van der Waals surface area contributed by atoms with Crippen LogP contribution in [0.2, 0.25) is 0 Å². The molecule has 3 aromatic rings. The molecule has 0 radical (unpaired) electrons. The lowest BCUT2D eigenvalue weighted by Gasteiger charge is -2.00. The summed E-state index contributed by atoms with van der Waals surface area (Å²) in [6.07, 6.45) is 4.76. The van der Waals surface area contributed by atoms with Crippen LogP contribution in [0.25, 0.3) is 10.9 Å². The minimum Gasteiger partial charge on any atom is -0.292 e. The summed E-state index contributed by atoms with van der Waals surface area (Å²) in [5.74, 6) is 0. The number of pyridine rings is 1. The SMILES string of the molecule is C(=N/CCc1ccccc1)/c1ccnc2ccccc12. The molecule has 20 heavy (non-hydrogen) atoms. The largest absolute Gasteiger partial charge is 0.292 e. The first-order chi connectivity index (χ1) is 9.93. The molecule has 2 nitrogen and oxygen atoms in total. The maximum Gasteiger partial charge on any atom is 0.0708 e. The molecule has 0 aliphatic rings. The molecule has 2 aromatic carbocycles. The first-order valence-electron chi connectivity index (χ1n) is 6.81. The number of fused-ring (bicyclic) bond motifs is 1. The van der Waals surface area contributed by atoms with E-state index in [4.69, 9.17) is 0 Å². The molecule has 0 bridgehead atoms. The fourth-order valence-electron chi connectivity index (χ4n) is 2.23. The number of hydrogen-bond acceptors (Lipinski definition) is 2. The second kappa shape index (κ2) is 6.11. The Balaban J connectivity index is 1.72. The van der Waals surface area contributed by atoms with Gasteiger partial charge in [-0.05, 0) is 24.1 Å². The molecule has 1 heterocycles. The van der Waals surface area contributed by atoms with Crippen molar-refractivity contribution in [2.45, 2.75) is 6.42 Å². The van der Waals surface area contributed by atoms with Gasteiger partial charge in [0.15, 0.2) is 0 Å². The number of para-hydroxylation sites is 1.